The molecule has 1 aromatic carbocycles. The lowest BCUT2D eigenvalue weighted by Gasteiger charge is -2.38. The second-order valence-electron chi connectivity index (χ2n) is 7.78. The molecule has 0 radical (unpaired) electrons. The number of rotatable bonds is 5. The van der Waals surface area contributed by atoms with Gasteiger partial charge in [-0.2, -0.15) is 0 Å². The number of carbonyl (C=O) groups is 2. The van der Waals surface area contributed by atoms with E-state index in [1.165, 1.54) is 5.56 Å². The third kappa shape index (κ3) is 5.16. The van der Waals surface area contributed by atoms with Crippen molar-refractivity contribution in [2.24, 2.45) is 0 Å². The fraction of sp³-hybridized carbons (Fsp3) is 0.619. The van der Waals surface area contributed by atoms with Crippen LogP contribution in [0.5, 0.6) is 0 Å². The molecule has 0 bridgehead atoms. The lowest BCUT2D eigenvalue weighted by atomic mass is 10.0. The van der Waals surface area contributed by atoms with Gasteiger partial charge >= 0.3 is 12.1 Å². The minimum atomic E-state index is -0.0213. The lowest BCUT2D eigenvalue weighted by molar-refractivity contribution is 0.0344. The van der Waals surface area contributed by atoms with E-state index < -0.39 is 0 Å². The third-order valence-electron chi connectivity index (χ3n) is 5.56. The van der Waals surface area contributed by atoms with E-state index in [1.807, 2.05) is 28.0 Å². The molecule has 1 N–H and O–H groups in total. The second-order valence-corrected chi connectivity index (χ2v) is 7.78. The molecule has 2 aliphatic heterocycles. The van der Waals surface area contributed by atoms with Crippen LogP contribution in [0, 0.1) is 0 Å². The van der Waals surface area contributed by atoms with E-state index in [0.717, 1.165) is 25.7 Å². The van der Waals surface area contributed by atoms with Crippen LogP contribution in [0.1, 0.15) is 24.8 Å². The molecule has 7 nitrogen and oxygen atoms in total. The summed E-state index contributed by atoms with van der Waals surface area (Å²) in [5.74, 6) is 0. The number of nitrogens with zero attached hydrogens (tertiary/aromatic N) is 3. The summed E-state index contributed by atoms with van der Waals surface area (Å²) in [5.41, 5.74) is 1.21. The van der Waals surface area contributed by atoms with Crippen LogP contribution in [0.2, 0.25) is 0 Å². The van der Waals surface area contributed by atoms with E-state index >= 15 is 0 Å². The average Bonchev–Trinajstić information content (AvgIpc) is 3.18. The lowest BCUT2D eigenvalue weighted by Crippen LogP contribution is -2.54. The van der Waals surface area contributed by atoms with Crippen molar-refractivity contribution in [1.29, 1.82) is 0 Å². The standard InChI is InChI=1S/C21H32N4O3/c1-23(2)21(27)24-13-9-19(16-24)25(18-10-14-28-15-11-18)20(26)22-12-8-17-6-4-3-5-7-17/h3-7,18-19H,8-16H2,1-2H3,(H,22,26). The van der Waals surface area contributed by atoms with Crippen molar-refractivity contribution < 1.29 is 14.3 Å². The molecule has 3 rings (SSSR count). The predicted octanol–water partition coefficient (Wildman–Crippen LogP) is 2.18. The van der Waals surface area contributed by atoms with Gasteiger partial charge in [0.2, 0.25) is 0 Å². The highest BCUT2D eigenvalue weighted by molar-refractivity contribution is 5.76. The topological polar surface area (TPSA) is 65.1 Å². The van der Waals surface area contributed by atoms with Crippen molar-refractivity contribution in [3.63, 3.8) is 0 Å². The van der Waals surface area contributed by atoms with E-state index in [9.17, 15) is 9.59 Å². The Morgan fingerprint density at radius 1 is 1.11 bits per heavy atom. The molecular weight excluding hydrogens is 356 g/mol. The molecular formula is C21H32N4O3. The van der Waals surface area contributed by atoms with Crippen molar-refractivity contribution in [2.75, 3.05) is 46.9 Å². The zero-order valence-corrected chi connectivity index (χ0v) is 17.0. The molecule has 28 heavy (non-hydrogen) atoms. The number of urea groups is 2. The summed E-state index contributed by atoms with van der Waals surface area (Å²) in [7, 11) is 3.53. The van der Waals surface area contributed by atoms with Crippen molar-refractivity contribution in [3.8, 4) is 0 Å². The molecule has 1 aromatic rings. The Labute approximate surface area is 167 Å². The zero-order chi connectivity index (χ0) is 19.9. The fourth-order valence-electron chi connectivity index (χ4n) is 4.07. The molecule has 0 saturated carbocycles. The first-order valence-electron chi connectivity index (χ1n) is 10.2. The molecule has 1 unspecified atom stereocenters. The van der Waals surface area contributed by atoms with Gasteiger partial charge in [-0.15, -0.1) is 0 Å². The van der Waals surface area contributed by atoms with Gasteiger partial charge in [-0.1, -0.05) is 30.3 Å². The SMILES string of the molecule is CN(C)C(=O)N1CCC(N(C(=O)NCCc2ccccc2)C2CCOCC2)C1. The average molecular weight is 389 g/mol. The zero-order valence-electron chi connectivity index (χ0n) is 17.0. The first-order chi connectivity index (χ1) is 13.6. The third-order valence-corrected chi connectivity index (χ3v) is 5.56. The van der Waals surface area contributed by atoms with Crippen molar-refractivity contribution in [1.82, 2.24) is 20.0 Å². The van der Waals surface area contributed by atoms with Crippen LogP contribution < -0.4 is 5.32 Å². The minimum absolute atomic E-state index is 0.0129. The normalized spacial score (nSPS) is 20.1. The highest BCUT2D eigenvalue weighted by Crippen LogP contribution is 2.24. The van der Waals surface area contributed by atoms with Gasteiger partial charge in [0.25, 0.3) is 0 Å². The summed E-state index contributed by atoms with van der Waals surface area (Å²) in [4.78, 5) is 30.8. The monoisotopic (exact) mass is 388 g/mol. The van der Waals surface area contributed by atoms with Crippen LogP contribution in [0.4, 0.5) is 9.59 Å². The Morgan fingerprint density at radius 2 is 1.82 bits per heavy atom. The Balaban J connectivity index is 1.61. The van der Waals surface area contributed by atoms with E-state index in [2.05, 4.69) is 17.4 Å². The van der Waals surface area contributed by atoms with Gasteiger partial charge in [-0.3, -0.25) is 0 Å². The summed E-state index contributed by atoms with van der Waals surface area (Å²) < 4.78 is 5.49. The molecule has 2 aliphatic rings. The molecule has 154 valence electrons. The van der Waals surface area contributed by atoms with Crippen LogP contribution in [-0.2, 0) is 11.2 Å². The van der Waals surface area contributed by atoms with Crippen molar-refractivity contribution >= 4 is 12.1 Å². The predicted molar refractivity (Wildman–Crippen MR) is 108 cm³/mol. The smallest absolute Gasteiger partial charge is 0.319 e. The highest BCUT2D eigenvalue weighted by atomic mass is 16.5. The van der Waals surface area contributed by atoms with Crippen LogP contribution >= 0.6 is 0 Å². The summed E-state index contributed by atoms with van der Waals surface area (Å²) in [6.45, 7) is 3.27. The largest absolute Gasteiger partial charge is 0.381 e. The van der Waals surface area contributed by atoms with E-state index in [4.69, 9.17) is 4.74 Å². The number of carbonyl (C=O) groups excluding carboxylic acids is 2. The number of benzene rings is 1. The van der Waals surface area contributed by atoms with Crippen LogP contribution in [0.25, 0.3) is 0 Å². The van der Waals surface area contributed by atoms with Gasteiger partial charge in [0.1, 0.15) is 0 Å². The van der Waals surface area contributed by atoms with Gasteiger partial charge in [0.15, 0.2) is 0 Å². The molecule has 0 aromatic heterocycles. The summed E-state index contributed by atoms with van der Waals surface area (Å²) in [6.07, 6.45) is 3.33. The molecule has 1 atom stereocenters. The molecule has 7 heteroatoms. The fourth-order valence-corrected chi connectivity index (χ4v) is 4.07. The quantitative estimate of drug-likeness (QED) is 0.841. The molecule has 2 heterocycles. The van der Waals surface area contributed by atoms with Crippen molar-refractivity contribution in [2.45, 2.75) is 37.8 Å². The molecule has 0 aliphatic carbocycles. The van der Waals surface area contributed by atoms with Gasteiger partial charge in [0, 0.05) is 53.0 Å². The van der Waals surface area contributed by atoms with E-state index in [-0.39, 0.29) is 24.1 Å². The van der Waals surface area contributed by atoms with Crippen LogP contribution in [-0.4, -0.2) is 85.8 Å². The molecule has 2 saturated heterocycles. The number of amides is 4. The number of likely N-dealkylation sites (tertiary alicyclic amines) is 1. The maximum Gasteiger partial charge on any atom is 0.319 e. The number of nitrogens with one attached hydrogen (secondary N) is 1. The second kappa shape index (κ2) is 9.78. The number of hydrogen-bond donors (Lipinski definition) is 1. The van der Waals surface area contributed by atoms with Gasteiger partial charge in [-0.25, -0.2) is 9.59 Å². The Bertz CT molecular complexity index is 646. The van der Waals surface area contributed by atoms with Crippen LogP contribution in [0.3, 0.4) is 0 Å². The van der Waals surface area contributed by atoms with Crippen molar-refractivity contribution in [3.05, 3.63) is 35.9 Å². The number of hydrogen-bond acceptors (Lipinski definition) is 3. The molecule has 0 spiro atoms. The molecule has 2 fully saturated rings. The number of ether oxygens (including phenoxy) is 1. The summed E-state index contributed by atoms with van der Waals surface area (Å²) in [6, 6.07) is 10.4. The highest BCUT2D eigenvalue weighted by Gasteiger charge is 2.37. The minimum Gasteiger partial charge on any atom is -0.381 e. The summed E-state index contributed by atoms with van der Waals surface area (Å²) >= 11 is 0. The van der Waals surface area contributed by atoms with Crippen LogP contribution in [0.15, 0.2) is 30.3 Å². The molecule has 4 amide bonds. The maximum atomic E-state index is 13.1. The Kier molecular flexibility index (Phi) is 7.14. The van der Waals surface area contributed by atoms with Gasteiger partial charge in [-0.05, 0) is 31.2 Å². The Hall–Kier alpha value is -2.28. The van der Waals surface area contributed by atoms with Gasteiger partial charge in [0.05, 0.1) is 6.04 Å². The first kappa shape index (κ1) is 20.5. The van der Waals surface area contributed by atoms with Gasteiger partial charge < -0.3 is 24.8 Å². The first-order valence-corrected chi connectivity index (χ1v) is 10.2. The maximum absolute atomic E-state index is 13.1. The summed E-state index contributed by atoms with van der Waals surface area (Å²) in [5, 5.41) is 3.10. The Morgan fingerprint density at radius 3 is 2.50 bits per heavy atom. The van der Waals surface area contributed by atoms with E-state index in [0.29, 0.717) is 32.8 Å². The van der Waals surface area contributed by atoms with E-state index in [1.54, 1.807) is 19.0 Å².